The second kappa shape index (κ2) is 6.37. The standard InChI is InChI=1S/C16H16N2O4S2/c1-11-8-13(10-14(23)9-11)22-24(20,21)15-4-2-12(3-5-15)18-7-6-17-16(18)19/h2-5,8-10,23H,6-7H2,1H3,(H,17,19). The number of rotatable bonds is 4. The molecule has 1 aliphatic rings. The summed E-state index contributed by atoms with van der Waals surface area (Å²) in [6.45, 7) is 2.95. The van der Waals surface area contributed by atoms with Crippen molar-refractivity contribution >= 4 is 34.5 Å². The van der Waals surface area contributed by atoms with Gasteiger partial charge in [0.2, 0.25) is 0 Å². The maximum Gasteiger partial charge on any atom is 0.339 e. The van der Waals surface area contributed by atoms with Crippen molar-refractivity contribution in [2.75, 3.05) is 18.0 Å². The van der Waals surface area contributed by atoms with Crippen LogP contribution in [0.1, 0.15) is 5.56 Å². The van der Waals surface area contributed by atoms with Crippen molar-refractivity contribution in [2.45, 2.75) is 16.7 Å². The van der Waals surface area contributed by atoms with Crippen LogP contribution in [0.15, 0.2) is 52.3 Å². The van der Waals surface area contributed by atoms with Gasteiger partial charge in [-0.2, -0.15) is 8.42 Å². The molecular formula is C16H16N2O4S2. The highest BCUT2D eigenvalue weighted by Crippen LogP contribution is 2.25. The predicted molar refractivity (Wildman–Crippen MR) is 93.4 cm³/mol. The third-order valence-electron chi connectivity index (χ3n) is 3.54. The van der Waals surface area contributed by atoms with Gasteiger partial charge in [0.1, 0.15) is 10.6 Å². The summed E-state index contributed by atoms with van der Waals surface area (Å²) >= 11 is 4.21. The van der Waals surface area contributed by atoms with Gasteiger partial charge in [-0.1, -0.05) is 0 Å². The van der Waals surface area contributed by atoms with E-state index in [1.807, 2.05) is 6.92 Å². The van der Waals surface area contributed by atoms with E-state index in [0.717, 1.165) is 5.56 Å². The monoisotopic (exact) mass is 364 g/mol. The molecule has 1 N–H and O–H groups in total. The van der Waals surface area contributed by atoms with E-state index in [1.54, 1.807) is 29.2 Å². The molecule has 24 heavy (non-hydrogen) atoms. The molecule has 6 nitrogen and oxygen atoms in total. The number of aryl methyl sites for hydroxylation is 1. The van der Waals surface area contributed by atoms with Crippen LogP contribution >= 0.6 is 12.6 Å². The van der Waals surface area contributed by atoms with Crippen LogP contribution in [0, 0.1) is 6.92 Å². The first-order chi connectivity index (χ1) is 11.3. The number of hydrogen-bond acceptors (Lipinski definition) is 5. The normalized spacial score (nSPS) is 14.6. The minimum absolute atomic E-state index is 0.0214. The van der Waals surface area contributed by atoms with Crippen LogP contribution in [0.4, 0.5) is 10.5 Å². The fourth-order valence-corrected chi connectivity index (χ4v) is 3.71. The number of nitrogens with one attached hydrogen (secondary N) is 1. The number of anilines is 1. The van der Waals surface area contributed by atoms with Crippen LogP contribution in [0.5, 0.6) is 5.75 Å². The molecule has 0 spiro atoms. The Morgan fingerprint density at radius 2 is 1.88 bits per heavy atom. The lowest BCUT2D eigenvalue weighted by molar-refractivity contribution is 0.252. The molecule has 0 unspecified atom stereocenters. The quantitative estimate of drug-likeness (QED) is 0.646. The summed E-state index contributed by atoms with van der Waals surface area (Å²) in [5.41, 5.74) is 1.49. The third-order valence-corrected chi connectivity index (χ3v) is 5.05. The molecule has 3 rings (SSSR count). The largest absolute Gasteiger partial charge is 0.379 e. The Morgan fingerprint density at radius 3 is 2.46 bits per heavy atom. The summed E-state index contributed by atoms with van der Waals surface area (Å²) in [7, 11) is -3.95. The minimum atomic E-state index is -3.95. The molecule has 0 aliphatic carbocycles. The first-order valence-electron chi connectivity index (χ1n) is 7.26. The summed E-state index contributed by atoms with van der Waals surface area (Å²) in [5.74, 6) is 0.211. The van der Waals surface area contributed by atoms with Crippen molar-refractivity contribution in [2.24, 2.45) is 0 Å². The molecule has 0 radical (unpaired) electrons. The van der Waals surface area contributed by atoms with E-state index in [2.05, 4.69) is 17.9 Å². The SMILES string of the molecule is Cc1cc(S)cc(OS(=O)(=O)c2ccc(N3CCNC3=O)cc2)c1. The van der Waals surface area contributed by atoms with Crippen LogP contribution in [0.2, 0.25) is 0 Å². The van der Waals surface area contributed by atoms with Crippen LogP contribution in [0.25, 0.3) is 0 Å². The fraction of sp³-hybridized carbons (Fsp3) is 0.188. The van der Waals surface area contributed by atoms with E-state index in [4.69, 9.17) is 4.18 Å². The van der Waals surface area contributed by atoms with Gasteiger partial charge in [-0.05, 0) is 55.0 Å². The molecule has 0 saturated carbocycles. The summed E-state index contributed by atoms with van der Waals surface area (Å²) in [4.78, 5) is 13.8. The first kappa shape index (κ1) is 16.7. The minimum Gasteiger partial charge on any atom is -0.379 e. The number of hydrogen-bond donors (Lipinski definition) is 2. The molecule has 2 amide bonds. The molecule has 1 aliphatic heterocycles. The Morgan fingerprint density at radius 1 is 1.17 bits per heavy atom. The zero-order valence-electron chi connectivity index (χ0n) is 12.9. The van der Waals surface area contributed by atoms with E-state index < -0.39 is 10.1 Å². The molecule has 2 aromatic rings. The van der Waals surface area contributed by atoms with Gasteiger partial charge in [-0.3, -0.25) is 4.90 Å². The molecule has 1 saturated heterocycles. The molecule has 8 heteroatoms. The number of thiol groups is 1. The molecule has 0 bridgehead atoms. The number of carbonyl (C=O) groups excluding carboxylic acids is 1. The summed E-state index contributed by atoms with van der Waals surface area (Å²) in [5, 5.41) is 2.69. The number of benzene rings is 2. The third kappa shape index (κ3) is 3.49. The molecule has 0 atom stereocenters. The van der Waals surface area contributed by atoms with Gasteiger partial charge < -0.3 is 9.50 Å². The van der Waals surface area contributed by atoms with Crippen molar-refractivity contribution in [3.8, 4) is 5.75 Å². The van der Waals surface area contributed by atoms with Crippen molar-refractivity contribution in [1.82, 2.24) is 5.32 Å². The lowest BCUT2D eigenvalue weighted by Crippen LogP contribution is -2.27. The van der Waals surface area contributed by atoms with Crippen LogP contribution in [0.3, 0.4) is 0 Å². The molecule has 1 fully saturated rings. The number of urea groups is 1. The van der Waals surface area contributed by atoms with Crippen LogP contribution < -0.4 is 14.4 Å². The zero-order valence-corrected chi connectivity index (χ0v) is 14.6. The fourth-order valence-electron chi connectivity index (χ4n) is 2.46. The lowest BCUT2D eigenvalue weighted by Gasteiger charge is -2.14. The highest BCUT2D eigenvalue weighted by molar-refractivity contribution is 7.87. The van der Waals surface area contributed by atoms with E-state index in [-0.39, 0.29) is 16.7 Å². The first-order valence-corrected chi connectivity index (χ1v) is 9.11. The Bertz CT molecular complexity index is 859. The van der Waals surface area contributed by atoms with Crippen LogP contribution in [-0.4, -0.2) is 27.5 Å². The average Bonchev–Trinajstić information content (AvgIpc) is 2.92. The van der Waals surface area contributed by atoms with Gasteiger partial charge in [-0.25, -0.2) is 4.79 Å². The van der Waals surface area contributed by atoms with E-state index in [9.17, 15) is 13.2 Å². The van der Waals surface area contributed by atoms with Gasteiger partial charge in [0.25, 0.3) is 0 Å². The summed E-state index contributed by atoms with van der Waals surface area (Å²) < 4.78 is 29.9. The zero-order chi connectivity index (χ0) is 17.3. The second-order valence-corrected chi connectivity index (χ2v) is 7.48. The van der Waals surface area contributed by atoms with E-state index in [0.29, 0.717) is 23.7 Å². The molecular weight excluding hydrogens is 348 g/mol. The Kier molecular flexibility index (Phi) is 4.42. The Hall–Kier alpha value is -2.19. The summed E-state index contributed by atoms with van der Waals surface area (Å²) in [6, 6.07) is 10.8. The van der Waals surface area contributed by atoms with Crippen molar-refractivity contribution < 1.29 is 17.4 Å². The Balaban J connectivity index is 1.83. The summed E-state index contributed by atoms with van der Waals surface area (Å²) in [6.07, 6.45) is 0. The molecule has 0 aromatic heterocycles. The molecule has 2 aromatic carbocycles. The molecule has 1 heterocycles. The van der Waals surface area contributed by atoms with Gasteiger partial charge in [0.15, 0.2) is 0 Å². The second-order valence-electron chi connectivity index (χ2n) is 5.42. The molecule has 126 valence electrons. The highest BCUT2D eigenvalue weighted by atomic mass is 32.2. The van der Waals surface area contributed by atoms with Crippen molar-refractivity contribution in [1.29, 1.82) is 0 Å². The topological polar surface area (TPSA) is 75.7 Å². The van der Waals surface area contributed by atoms with Gasteiger partial charge >= 0.3 is 16.1 Å². The number of nitrogens with zero attached hydrogens (tertiary/aromatic N) is 1. The van der Waals surface area contributed by atoms with Gasteiger partial charge in [0.05, 0.1) is 0 Å². The number of amides is 2. The van der Waals surface area contributed by atoms with E-state index in [1.165, 1.54) is 18.2 Å². The van der Waals surface area contributed by atoms with Crippen molar-refractivity contribution in [3.63, 3.8) is 0 Å². The number of carbonyl (C=O) groups is 1. The maximum absolute atomic E-state index is 12.4. The predicted octanol–water partition coefficient (Wildman–Crippen LogP) is 2.58. The van der Waals surface area contributed by atoms with Gasteiger partial charge in [-0.15, -0.1) is 12.6 Å². The average molecular weight is 364 g/mol. The smallest absolute Gasteiger partial charge is 0.339 e. The maximum atomic E-state index is 12.4. The highest BCUT2D eigenvalue weighted by Gasteiger charge is 2.22. The Labute approximate surface area is 146 Å². The van der Waals surface area contributed by atoms with Crippen molar-refractivity contribution in [3.05, 3.63) is 48.0 Å². The lowest BCUT2D eigenvalue weighted by atomic mass is 10.2. The van der Waals surface area contributed by atoms with E-state index >= 15 is 0 Å². The van der Waals surface area contributed by atoms with Gasteiger partial charge in [0, 0.05) is 23.7 Å². The van der Waals surface area contributed by atoms with Crippen LogP contribution in [-0.2, 0) is 10.1 Å².